The molecule has 8 heteroatoms. The third-order valence-corrected chi connectivity index (χ3v) is 6.01. The molecule has 1 aromatic heterocycles. The number of benzene rings is 1. The van der Waals surface area contributed by atoms with Crippen molar-refractivity contribution in [3.05, 3.63) is 42.5 Å². The Balaban J connectivity index is 1.51. The number of carbonyl (C=O) groups is 1. The highest BCUT2D eigenvalue weighted by molar-refractivity contribution is 7.91. The van der Waals surface area contributed by atoms with Gasteiger partial charge in [-0.2, -0.15) is 4.98 Å². The third kappa shape index (κ3) is 3.81. The molecule has 3 rings (SSSR count). The number of hydrogen-bond donors (Lipinski definition) is 0. The maximum absolute atomic E-state index is 12.3. The predicted octanol–water partition coefficient (Wildman–Crippen LogP) is 1.64. The summed E-state index contributed by atoms with van der Waals surface area (Å²) in [6.45, 7) is 1.17. The van der Waals surface area contributed by atoms with E-state index in [0.29, 0.717) is 18.9 Å². The van der Waals surface area contributed by atoms with Crippen LogP contribution in [0.2, 0.25) is 0 Å². The fourth-order valence-electron chi connectivity index (χ4n) is 2.87. The monoisotopic (exact) mass is 349 g/mol. The first-order valence-corrected chi connectivity index (χ1v) is 9.53. The average Bonchev–Trinajstić information content (AvgIpc) is 3.15. The van der Waals surface area contributed by atoms with Crippen LogP contribution in [0.1, 0.15) is 31.0 Å². The summed E-state index contributed by atoms with van der Waals surface area (Å²) in [5, 5.41) is 3.84. The van der Waals surface area contributed by atoms with Crippen molar-refractivity contribution in [3.63, 3.8) is 0 Å². The van der Waals surface area contributed by atoms with Gasteiger partial charge >= 0.3 is 0 Å². The van der Waals surface area contributed by atoms with Gasteiger partial charge in [-0.3, -0.25) is 4.79 Å². The lowest BCUT2D eigenvalue weighted by Gasteiger charge is -2.30. The summed E-state index contributed by atoms with van der Waals surface area (Å²) in [5.74, 6) is 0.580. The van der Waals surface area contributed by atoms with E-state index in [9.17, 15) is 13.2 Å². The normalized spacial score (nSPS) is 16.2. The van der Waals surface area contributed by atoms with E-state index in [4.69, 9.17) is 4.52 Å². The molecule has 1 fully saturated rings. The summed E-state index contributed by atoms with van der Waals surface area (Å²) in [7, 11) is -3.42. The number of amides is 1. The number of carbonyl (C=O) groups excluding carboxylic acids is 1. The van der Waals surface area contributed by atoms with Gasteiger partial charge in [0.25, 0.3) is 0 Å². The van der Waals surface area contributed by atoms with Gasteiger partial charge in [-0.1, -0.05) is 23.4 Å². The lowest BCUT2D eigenvalue weighted by atomic mass is 9.96. The molecule has 0 unspecified atom stereocenters. The predicted molar refractivity (Wildman–Crippen MR) is 86.0 cm³/mol. The van der Waals surface area contributed by atoms with Crippen molar-refractivity contribution >= 4 is 15.7 Å². The highest BCUT2D eigenvalue weighted by atomic mass is 32.2. The van der Waals surface area contributed by atoms with Gasteiger partial charge in [0.15, 0.2) is 15.7 Å². The Morgan fingerprint density at radius 1 is 1.21 bits per heavy atom. The Morgan fingerprint density at radius 3 is 2.54 bits per heavy atom. The van der Waals surface area contributed by atoms with E-state index in [0.717, 1.165) is 12.8 Å². The van der Waals surface area contributed by atoms with E-state index in [2.05, 4.69) is 10.1 Å². The van der Waals surface area contributed by atoms with E-state index in [1.54, 1.807) is 35.2 Å². The highest BCUT2D eigenvalue weighted by Crippen LogP contribution is 2.25. The molecular weight excluding hydrogens is 330 g/mol. The van der Waals surface area contributed by atoms with E-state index in [1.807, 2.05) is 0 Å². The highest BCUT2D eigenvalue weighted by Gasteiger charge is 2.27. The first-order valence-electron chi connectivity index (χ1n) is 7.88. The standard InChI is InChI=1S/C16H19N3O4S/c20-15(8-11-24(21,22)14-4-2-1-3-5-14)19-9-6-13(7-10-19)16-17-12-23-18-16/h1-5,12-13H,6-11H2. The Hall–Kier alpha value is -2.22. The minimum absolute atomic E-state index is 0.00407. The molecular formula is C16H19N3O4S. The second kappa shape index (κ2) is 7.12. The molecule has 0 aliphatic carbocycles. The van der Waals surface area contributed by atoms with Crippen LogP contribution < -0.4 is 0 Å². The molecule has 1 aromatic carbocycles. The van der Waals surface area contributed by atoms with Gasteiger partial charge in [0.1, 0.15) is 0 Å². The molecule has 1 aliphatic heterocycles. The molecule has 0 atom stereocenters. The molecule has 0 radical (unpaired) electrons. The van der Waals surface area contributed by atoms with Crippen molar-refractivity contribution in [3.8, 4) is 0 Å². The van der Waals surface area contributed by atoms with Gasteiger partial charge in [-0.25, -0.2) is 8.42 Å². The average molecular weight is 349 g/mol. The summed E-state index contributed by atoms with van der Waals surface area (Å²) in [4.78, 5) is 18.3. The lowest BCUT2D eigenvalue weighted by Crippen LogP contribution is -2.38. The number of likely N-dealkylation sites (tertiary alicyclic amines) is 1. The maximum atomic E-state index is 12.3. The van der Waals surface area contributed by atoms with Crippen molar-refractivity contribution in [1.29, 1.82) is 0 Å². The van der Waals surface area contributed by atoms with Crippen LogP contribution in [0.15, 0.2) is 46.1 Å². The molecule has 24 heavy (non-hydrogen) atoms. The van der Waals surface area contributed by atoms with Gasteiger partial charge in [-0.05, 0) is 25.0 Å². The number of piperidine rings is 1. The minimum atomic E-state index is -3.42. The van der Waals surface area contributed by atoms with Crippen molar-refractivity contribution in [2.45, 2.75) is 30.1 Å². The number of aromatic nitrogens is 2. The molecule has 7 nitrogen and oxygen atoms in total. The van der Waals surface area contributed by atoms with E-state index in [1.165, 1.54) is 6.39 Å². The van der Waals surface area contributed by atoms with Crippen LogP contribution >= 0.6 is 0 Å². The van der Waals surface area contributed by atoms with Crippen LogP contribution in [0.3, 0.4) is 0 Å². The molecule has 2 heterocycles. The van der Waals surface area contributed by atoms with Crippen LogP contribution in [0.5, 0.6) is 0 Å². The quantitative estimate of drug-likeness (QED) is 0.814. The molecule has 0 bridgehead atoms. The van der Waals surface area contributed by atoms with Crippen molar-refractivity contribution in [2.75, 3.05) is 18.8 Å². The van der Waals surface area contributed by atoms with Crippen LogP contribution in [-0.2, 0) is 14.6 Å². The van der Waals surface area contributed by atoms with E-state index < -0.39 is 9.84 Å². The van der Waals surface area contributed by atoms with Gasteiger partial charge in [0.2, 0.25) is 12.3 Å². The Bertz CT molecular complexity index is 767. The zero-order chi connectivity index (χ0) is 17.0. The topological polar surface area (TPSA) is 93.4 Å². The number of rotatable bonds is 5. The fraction of sp³-hybridized carbons (Fsp3) is 0.438. The van der Waals surface area contributed by atoms with Gasteiger partial charge in [0.05, 0.1) is 10.6 Å². The van der Waals surface area contributed by atoms with Crippen molar-refractivity contribution < 1.29 is 17.7 Å². The molecule has 2 aromatic rings. The first kappa shape index (κ1) is 16.6. The Labute approximate surface area is 140 Å². The zero-order valence-electron chi connectivity index (χ0n) is 13.2. The van der Waals surface area contributed by atoms with Crippen molar-refractivity contribution in [2.24, 2.45) is 0 Å². The molecule has 1 amide bonds. The summed E-state index contributed by atoms with van der Waals surface area (Å²) >= 11 is 0. The Morgan fingerprint density at radius 2 is 1.92 bits per heavy atom. The molecule has 128 valence electrons. The molecule has 0 spiro atoms. The summed E-state index contributed by atoms with van der Waals surface area (Å²) in [6.07, 6.45) is 2.83. The first-order chi connectivity index (χ1) is 11.6. The molecule has 0 saturated carbocycles. The second-order valence-electron chi connectivity index (χ2n) is 5.83. The number of sulfone groups is 1. The Kier molecular flexibility index (Phi) is 4.94. The SMILES string of the molecule is O=C(CCS(=O)(=O)c1ccccc1)N1CCC(c2ncon2)CC1. The zero-order valence-corrected chi connectivity index (χ0v) is 14.0. The lowest BCUT2D eigenvalue weighted by molar-refractivity contribution is -0.131. The van der Waals surface area contributed by atoms with E-state index in [-0.39, 0.29) is 28.9 Å². The van der Waals surface area contributed by atoms with Gasteiger partial charge in [0, 0.05) is 25.4 Å². The summed E-state index contributed by atoms with van der Waals surface area (Å²) < 4.78 is 29.2. The third-order valence-electron chi connectivity index (χ3n) is 4.28. The van der Waals surface area contributed by atoms with Crippen LogP contribution in [-0.4, -0.2) is 48.2 Å². The van der Waals surface area contributed by atoms with Gasteiger partial charge < -0.3 is 9.42 Å². The summed E-state index contributed by atoms with van der Waals surface area (Å²) in [6, 6.07) is 8.22. The smallest absolute Gasteiger partial charge is 0.223 e. The molecule has 0 N–H and O–H groups in total. The number of hydrogen-bond acceptors (Lipinski definition) is 6. The van der Waals surface area contributed by atoms with Crippen LogP contribution in [0.4, 0.5) is 0 Å². The molecule has 1 saturated heterocycles. The van der Waals surface area contributed by atoms with Crippen LogP contribution in [0.25, 0.3) is 0 Å². The van der Waals surface area contributed by atoms with Gasteiger partial charge in [-0.15, -0.1) is 0 Å². The maximum Gasteiger partial charge on any atom is 0.223 e. The largest absolute Gasteiger partial charge is 0.343 e. The molecule has 1 aliphatic rings. The summed E-state index contributed by atoms with van der Waals surface area (Å²) in [5.41, 5.74) is 0. The van der Waals surface area contributed by atoms with Crippen LogP contribution in [0, 0.1) is 0 Å². The van der Waals surface area contributed by atoms with Crippen molar-refractivity contribution in [1.82, 2.24) is 15.0 Å². The second-order valence-corrected chi connectivity index (χ2v) is 7.94. The fourth-order valence-corrected chi connectivity index (χ4v) is 4.12. The number of nitrogens with zero attached hydrogens (tertiary/aromatic N) is 3. The van der Waals surface area contributed by atoms with E-state index >= 15 is 0 Å². The minimum Gasteiger partial charge on any atom is -0.343 e.